The summed E-state index contributed by atoms with van der Waals surface area (Å²) < 4.78 is 0. The molecule has 1 aliphatic carbocycles. The SMILES string of the molecule is CN=C(NCCCC(C)C)NC1CC1c1ccccc1.I. The van der Waals surface area contributed by atoms with E-state index in [9.17, 15) is 0 Å². The van der Waals surface area contributed by atoms with Gasteiger partial charge < -0.3 is 10.6 Å². The molecule has 21 heavy (non-hydrogen) atoms. The average Bonchev–Trinajstić information content (AvgIpc) is 3.22. The second-order valence-corrected chi connectivity index (χ2v) is 6.04. The Kier molecular flexibility index (Phi) is 8.07. The van der Waals surface area contributed by atoms with Crippen LogP contribution in [0.4, 0.5) is 0 Å². The minimum atomic E-state index is 0. The summed E-state index contributed by atoms with van der Waals surface area (Å²) in [6.07, 6.45) is 3.67. The van der Waals surface area contributed by atoms with Crippen LogP contribution >= 0.6 is 24.0 Å². The van der Waals surface area contributed by atoms with E-state index in [-0.39, 0.29) is 24.0 Å². The van der Waals surface area contributed by atoms with E-state index in [1.54, 1.807) is 0 Å². The van der Waals surface area contributed by atoms with Gasteiger partial charge in [-0.3, -0.25) is 4.99 Å². The van der Waals surface area contributed by atoms with Crippen molar-refractivity contribution in [3.63, 3.8) is 0 Å². The molecule has 1 aromatic carbocycles. The Balaban J connectivity index is 0.00000220. The predicted molar refractivity (Wildman–Crippen MR) is 102 cm³/mol. The highest BCUT2D eigenvalue weighted by Crippen LogP contribution is 2.40. The molecule has 0 amide bonds. The minimum Gasteiger partial charge on any atom is -0.356 e. The van der Waals surface area contributed by atoms with Crippen molar-refractivity contribution >= 4 is 29.9 Å². The highest BCUT2D eigenvalue weighted by Gasteiger charge is 2.38. The van der Waals surface area contributed by atoms with Crippen molar-refractivity contribution in [2.75, 3.05) is 13.6 Å². The smallest absolute Gasteiger partial charge is 0.191 e. The van der Waals surface area contributed by atoms with Crippen LogP contribution in [0.3, 0.4) is 0 Å². The maximum Gasteiger partial charge on any atom is 0.191 e. The van der Waals surface area contributed by atoms with Crippen molar-refractivity contribution in [2.45, 2.75) is 45.1 Å². The van der Waals surface area contributed by atoms with Crippen LogP contribution in [0.5, 0.6) is 0 Å². The molecule has 118 valence electrons. The Morgan fingerprint density at radius 3 is 2.62 bits per heavy atom. The molecule has 1 fully saturated rings. The van der Waals surface area contributed by atoms with Gasteiger partial charge in [0.15, 0.2) is 5.96 Å². The third-order valence-corrected chi connectivity index (χ3v) is 3.81. The lowest BCUT2D eigenvalue weighted by Crippen LogP contribution is -2.39. The van der Waals surface area contributed by atoms with E-state index in [1.807, 2.05) is 7.05 Å². The first kappa shape index (κ1) is 18.3. The van der Waals surface area contributed by atoms with Crippen LogP contribution in [0.1, 0.15) is 44.6 Å². The summed E-state index contributed by atoms with van der Waals surface area (Å²) in [6, 6.07) is 11.3. The molecular weight excluding hydrogens is 373 g/mol. The Labute approximate surface area is 146 Å². The molecule has 0 bridgehead atoms. The van der Waals surface area contributed by atoms with Crippen LogP contribution in [-0.4, -0.2) is 25.6 Å². The van der Waals surface area contributed by atoms with E-state index in [4.69, 9.17) is 0 Å². The molecule has 0 aromatic heterocycles. The number of halogens is 1. The number of aliphatic imine (C=N–C) groups is 1. The van der Waals surface area contributed by atoms with Crippen LogP contribution in [0.2, 0.25) is 0 Å². The molecule has 0 aliphatic heterocycles. The van der Waals surface area contributed by atoms with Gasteiger partial charge in [-0.25, -0.2) is 0 Å². The normalized spacial score (nSPS) is 20.9. The van der Waals surface area contributed by atoms with Gasteiger partial charge in [-0.2, -0.15) is 0 Å². The molecule has 0 heterocycles. The highest BCUT2D eigenvalue weighted by atomic mass is 127. The monoisotopic (exact) mass is 401 g/mol. The second-order valence-electron chi connectivity index (χ2n) is 6.04. The highest BCUT2D eigenvalue weighted by molar-refractivity contribution is 14.0. The van der Waals surface area contributed by atoms with E-state index in [0.717, 1.165) is 18.4 Å². The minimum absolute atomic E-state index is 0. The number of benzene rings is 1. The van der Waals surface area contributed by atoms with Gasteiger partial charge in [-0.1, -0.05) is 44.2 Å². The van der Waals surface area contributed by atoms with Gasteiger partial charge in [-0.15, -0.1) is 24.0 Å². The van der Waals surface area contributed by atoms with Gasteiger partial charge in [0, 0.05) is 25.6 Å². The van der Waals surface area contributed by atoms with Gasteiger partial charge >= 0.3 is 0 Å². The molecule has 0 radical (unpaired) electrons. The number of hydrogen-bond donors (Lipinski definition) is 2. The van der Waals surface area contributed by atoms with Crippen molar-refractivity contribution in [3.05, 3.63) is 35.9 Å². The maximum atomic E-state index is 4.31. The Bertz CT molecular complexity index is 431. The molecule has 0 saturated heterocycles. The first-order valence-electron chi connectivity index (χ1n) is 7.73. The number of rotatable bonds is 6. The topological polar surface area (TPSA) is 36.4 Å². The molecule has 2 unspecified atom stereocenters. The summed E-state index contributed by atoms with van der Waals surface area (Å²) in [5.74, 6) is 2.36. The zero-order valence-electron chi connectivity index (χ0n) is 13.3. The molecule has 0 spiro atoms. The van der Waals surface area contributed by atoms with Crippen molar-refractivity contribution < 1.29 is 0 Å². The Morgan fingerprint density at radius 2 is 2.00 bits per heavy atom. The molecular formula is C17H28IN3. The van der Waals surface area contributed by atoms with Gasteiger partial charge in [0.25, 0.3) is 0 Å². The maximum absolute atomic E-state index is 4.31. The predicted octanol–water partition coefficient (Wildman–Crippen LogP) is 3.76. The lowest BCUT2D eigenvalue weighted by Gasteiger charge is -2.12. The summed E-state index contributed by atoms with van der Waals surface area (Å²) in [6.45, 7) is 5.53. The van der Waals surface area contributed by atoms with E-state index in [0.29, 0.717) is 12.0 Å². The average molecular weight is 401 g/mol. The third kappa shape index (κ3) is 6.24. The van der Waals surface area contributed by atoms with Gasteiger partial charge in [0.2, 0.25) is 0 Å². The lowest BCUT2D eigenvalue weighted by atomic mass is 10.1. The summed E-state index contributed by atoms with van der Waals surface area (Å²) in [5.41, 5.74) is 1.43. The summed E-state index contributed by atoms with van der Waals surface area (Å²) in [4.78, 5) is 4.31. The molecule has 1 saturated carbocycles. The molecule has 2 rings (SSSR count). The van der Waals surface area contributed by atoms with Gasteiger partial charge in [0.05, 0.1) is 0 Å². The van der Waals surface area contributed by atoms with E-state index >= 15 is 0 Å². The fourth-order valence-electron chi connectivity index (χ4n) is 2.51. The Hall–Kier alpha value is -0.780. The zero-order chi connectivity index (χ0) is 14.4. The van der Waals surface area contributed by atoms with Crippen molar-refractivity contribution in [1.82, 2.24) is 10.6 Å². The second kappa shape index (κ2) is 9.28. The largest absolute Gasteiger partial charge is 0.356 e. The van der Waals surface area contributed by atoms with E-state index < -0.39 is 0 Å². The third-order valence-electron chi connectivity index (χ3n) is 3.81. The molecule has 3 nitrogen and oxygen atoms in total. The van der Waals surface area contributed by atoms with Crippen LogP contribution < -0.4 is 10.6 Å². The van der Waals surface area contributed by atoms with E-state index in [1.165, 1.54) is 24.8 Å². The molecule has 4 heteroatoms. The molecule has 2 atom stereocenters. The molecule has 1 aromatic rings. The summed E-state index contributed by atoms with van der Waals surface area (Å²) >= 11 is 0. The van der Waals surface area contributed by atoms with Crippen molar-refractivity contribution in [2.24, 2.45) is 10.9 Å². The number of guanidine groups is 1. The molecule has 1 aliphatic rings. The fraction of sp³-hybridized carbons (Fsp3) is 0.588. The lowest BCUT2D eigenvalue weighted by molar-refractivity contribution is 0.549. The van der Waals surface area contributed by atoms with Crippen molar-refractivity contribution in [1.29, 1.82) is 0 Å². The summed E-state index contributed by atoms with van der Waals surface area (Å²) in [7, 11) is 1.84. The standard InChI is InChI=1S/C17H27N3.HI/c1-13(2)8-7-11-19-17(18-3)20-16-12-15(16)14-9-5-4-6-10-14;/h4-6,9-10,13,15-16H,7-8,11-12H2,1-3H3,(H2,18,19,20);1H. The van der Waals surface area contributed by atoms with Gasteiger partial charge in [-0.05, 0) is 30.7 Å². The number of nitrogens with one attached hydrogen (secondary N) is 2. The molecule has 2 N–H and O–H groups in total. The van der Waals surface area contributed by atoms with Crippen LogP contribution in [0, 0.1) is 5.92 Å². The van der Waals surface area contributed by atoms with Crippen LogP contribution in [0.25, 0.3) is 0 Å². The summed E-state index contributed by atoms with van der Waals surface area (Å²) in [5, 5.41) is 6.92. The Morgan fingerprint density at radius 1 is 1.29 bits per heavy atom. The number of hydrogen-bond acceptors (Lipinski definition) is 1. The van der Waals surface area contributed by atoms with E-state index in [2.05, 4.69) is 59.8 Å². The quantitative estimate of drug-likeness (QED) is 0.330. The van der Waals surface area contributed by atoms with Gasteiger partial charge in [0.1, 0.15) is 0 Å². The first-order chi connectivity index (χ1) is 9.70. The van der Waals surface area contributed by atoms with Crippen molar-refractivity contribution in [3.8, 4) is 0 Å². The zero-order valence-corrected chi connectivity index (χ0v) is 15.6. The first-order valence-corrected chi connectivity index (χ1v) is 7.73. The number of nitrogens with zero attached hydrogens (tertiary/aromatic N) is 1. The fourth-order valence-corrected chi connectivity index (χ4v) is 2.51. The van der Waals surface area contributed by atoms with Crippen LogP contribution in [0.15, 0.2) is 35.3 Å². The van der Waals surface area contributed by atoms with Crippen LogP contribution in [-0.2, 0) is 0 Å².